The van der Waals surface area contributed by atoms with Gasteiger partial charge in [-0.1, -0.05) is 99.5 Å². The Morgan fingerprint density at radius 2 is 1.56 bits per heavy atom. The Bertz CT molecular complexity index is 1430. The number of aliphatic imine (C=N–C) groups is 1. The first-order chi connectivity index (χ1) is 17.5. The van der Waals surface area contributed by atoms with Gasteiger partial charge in [-0.2, -0.15) is 0 Å². The maximum Gasteiger partial charge on any atom is 0.174 e. The van der Waals surface area contributed by atoms with E-state index in [1.54, 1.807) is 11.8 Å². The van der Waals surface area contributed by atoms with Gasteiger partial charge in [0.2, 0.25) is 0 Å². The summed E-state index contributed by atoms with van der Waals surface area (Å²) in [5.74, 6) is 0. The van der Waals surface area contributed by atoms with Crippen molar-refractivity contribution < 1.29 is 0 Å². The van der Waals surface area contributed by atoms with Crippen molar-refractivity contribution in [3.63, 3.8) is 0 Å². The van der Waals surface area contributed by atoms with Crippen molar-refractivity contribution in [2.24, 2.45) is 4.99 Å². The normalized spacial score (nSPS) is 20.8. The average molecular weight is 555 g/mol. The second-order valence-electron chi connectivity index (χ2n) is 9.83. The molecule has 0 radical (unpaired) electrons. The van der Waals surface area contributed by atoms with Crippen LogP contribution in [0.25, 0.3) is 11.8 Å². The van der Waals surface area contributed by atoms with E-state index in [1.807, 2.05) is 0 Å². The molecule has 180 valence electrons. The number of hydrogen-bond donors (Lipinski definition) is 0. The first kappa shape index (κ1) is 23.5. The van der Waals surface area contributed by atoms with Gasteiger partial charge in [-0.15, -0.1) is 0 Å². The Kier molecular flexibility index (Phi) is 6.24. The van der Waals surface area contributed by atoms with Crippen molar-refractivity contribution in [1.29, 1.82) is 0 Å². The molecule has 0 aliphatic carbocycles. The molecule has 0 saturated carbocycles. The molecule has 0 N–H and O–H groups in total. The molecular formula is C31H28BrN3S. The van der Waals surface area contributed by atoms with Gasteiger partial charge >= 0.3 is 0 Å². The molecule has 1 atom stereocenters. The predicted molar refractivity (Wildman–Crippen MR) is 157 cm³/mol. The van der Waals surface area contributed by atoms with Crippen LogP contribution < -0.4 is 0 Å². The summed E-state index contributed by atoms with van der Waals surface area (Å²) in [6.07, 6.45) is 2.32. The summed E-state index contributed by atoms with van der Waals surface area (Å²) in [7, 11) is 2.21. The number of benzene rings is 3. The molecule has 0 unspecified atom stereocenters. The van der Waals surface area contributed by atoms with Crippen LogP contribution in [0, 0.1) is 13.8 Å². The Morgan fingerprint density at radius 3 is 2.25 bits per heavy atom. The molecule has 0 saturated heterocycles. The molecule has 36 heavy (non-hydrogen) atoms. The van der Waals surface area contributed by atoms with E-state index in [4.69, 9.17) is 4.99 Å². The molecule has 0 aromatic heterocycles. The van der Waals surface area contributed by atoms with Crippen LogP contribution in [-0.4, -0.2) is 35.1 Å². The summed E-state index contributed by atoms with van der Waals surface area (Å²) in [6, 6.07) is 26.5. The van der Waals surface area contributed by atoms with Gasteiger partial charge in [0, 0.05) is 23.0 Å². The zero-order chi connectivity index (χ0) is 24.8. The molecule has 5 heteroatoms. The number of amidine groups is 1. The number of rotatable bonds is 3. The zero-order valence-corrected chi connectivity index (χ0v) is 23.1. The Balaban J connectivity index is 1.50. The van der Waals surface area contributed by atoms with Gasteiger partial charge in [0.1, 0.15) is 0 Å². The fourth-order valence-corrected chi connectivity index (χ4v) is 6.36. The van der Waals surface area contributed by atoms with Crippen molar-refractivity contribution >= 4 is 44.6 Å². The quantitative estimate of drug-likeness (QED) is 0.329. The Morgan fingerprint density at radius 1 is 0.889 bits per heavy atom. The zero-order valence-electron chi connectivity index (χ0n) is 20.7. The van der Waals surface area contributed by atoms with E-state index in [2.05, 4.69) is 131 Å². The van der Waals surface area contributed by atoms with E-state index < -0.39 is 0 Å². The summed E-state index contributed by atoms with van der Waals surface area (Å²) >= 11 is 5.32. The summed E-state index contributed by atoms with van der Waals surface area (Å²) in [5.41, 5.74) is 11.3. The van der Waals surface area contributed by atoms with Crippen LogP contribution in [0.15, 0.2) is 105 Å². The lowest BCUT2D eigenvalue weighted by atomic mass is 9.87. The van der Waals surface area contributed by atoms with E-state index in [0.29, 0.717) is 0 Å². The number of fused-ring (bicyclic) bond motifs is 1. The number of halogens is 1. The minimum Gasteiger partial charge on any atom is -0.308 e. The van der Waals surface area contributed by atoms with Crippen LogP contribution in [0.5, 0.6) is 0 Å². The standard InChI is InChI=1S/C31H28BrN3S/c1-20-4-8-22(9-5-20)16-25-17-34(3)18-27-29(25)33-31-35(30(27)24-10-6-21(2)7-11-24)28(19-36-31)23-12-14-26(32)15-13-23/h4-16,19,30H,17-18H2,1-3H3/b25-16+/t30-/m0/s1. The van der Waals surface area contributed by atoms with Crippen LogP contribution in [-0.2, 0) is 0 Å². The molecule has 0 fully saturated rings. The van der Waals surface area contributed by atoms with Crippen molar-refractivity contribution in [3.05, 3.63) is 127 Å². The second-order valence-corrected chi connectivity index (χ2v) is 11.6. The third-order valence-corrected chi connectivity index (χ3v) is 8.35. The van der Waals surface area contributed by atoms with Gasteiger partial charge < -0.3 is 4.90 Å². The highest BCUT2D eigenvalue weighted by atomic mass is 79.9. The third-order valence-electron chi connectivity index (χ3n) is 6.98. The minimum absolute atomic E-state index is 0.0992. The third kappa shape index (κ3) is 4.40. The van der Waals surface area contributed by atoms with E-state index in [-0.39, 0.29) is 6.04 Å². The largest absolute Gasteiger partial charge is 0.308 e. The average Bonchev–Trinajstić information content (AvgIpc) is 3.29. The number of hydrogen-bond acceptors (Lipinski definition) is 4. The highest BCUT2D eigenvalue weighted by molar-refractivity contribution is 9.10. The van der Waals surface area contributed by atoms with Crippen LogP contribution in [0.2, 0.25) is 0 Å². The first-order valence-electron chi connectivity index (χ1n) is 12.2. The lowest BCUT2D eigenvalue weighted by Gasteiger charge is -2.42. The molecule has 3 nitrogen and oxygen atoms in total. The lowest BCUT2D eigenvalue weighted by molar-refractivity contribution is 0.344. The van der Waals surface area contributed by atoms with E-state index in [0.717, 1.165) is 28.4 Å². The van der Waals surface area contributed by atoms with Crippen molar-refractivity contribution in [2.45, 2.75) is 19.9 Å². The van der Waals surface area contributed by atoms with E-state index >= 15 is 0 Å². The monoisotopic (exact) mass is 553 g/mol. The van der Waals surface area contributed by atoms with Gasteiger partial charge in [-0.3, -0.25) is 4.90 Å². The van der Waals surface area contributed by atoms with Crippen LogP contribution >= 0.6 is 27.7 Å². The molecule has 3 aromatic carbocycles. The summed E-state index contributed by atoms with van der Waals surface area (Å²) < 4.78 is 1.09. The minimum atomic E-state index is 0.0992. The second kappa shape index (κ2) is 9.55. The number of nitrogens with zero attached hydrogens (tertiary/aromatic N) is 3. The molecular weight excluding hydrogens is 526 g/mol. The fourth-order valence-electron chi connectivity index (χ4n) is 5.16. The summed E-state index contributed by atoms with van der Waals surface area (Å²) in [5, 5.41) is 3.31. The molecule has 3 heterocycles. The number of aryl methyl sites for hydroxylation is 2. The summed E-state index contributed by atoms with van der Waals surface area (Å²) in [4.78, 5) is 10.2. The number of likely N-dealkylation sites (N-methyl/N-ethyl adjacent to an activating group) is 1. The maximum absolute atomic E-state index is 5.31. The molecule has 0 bridgehead atoms. The predicted octanol–water partition coefficient (Wildman–Crippen LogP) is 7.81. The molecule has 0 spiro atoms. The van der Waals surface area contributed by atoms with Crippen molar-refractivity contribution in [1.82, 2.24) is 9.80 Å². The fraction of sp³-hybridized carbons (Fsp3) is 0.194. The van der Waals surface area contributed by atoms with Gasteiger partial charge in [0.05, 0.1) is 17.4 Å². The Labute approximate surface area is 226 Å². The van der Waals surface area contributed by atoms with Crippen LogP contribution in [0.4, 0.5) is 0 Å². The molecule has 3 aliphatic rings. The highest BCUT2D eigenvalue weighted by Gasteiger charge is 2.41. The lowest BCUT2D eigenvalue weighted by Crippen LogP contribution is -2.40. The molecule has 3 aliphatic heterocycles. The molecule has 0 amide bonds. The smallest absolute Gasteiger partial charge is 0.174 e. The topological polar surface area (TPSA) is 18.8 Å². The van der Waals surface area contributed by atoms with E-state index in [1.165, 1.54) is 44.7 Å². The van der Waals surface area contributed by atoms with Crippen LogP contribution in [0.3, 0.4) is 0 Å². The van der Waals surface area contributed by atoms with Crippen molar-refractivity contribution in [2.75, 3.05) is 20.1 Å². The van der Waals surface area contributed by atoms with Gasteiger partial charge in [0.25, 0.3) is 0 Å². The maximum atomic E-state index is 5.31. The molecule has 6 rings (SSSR count). The van der Waals surface area contributed by atoms with Gasteiger partial charge in [0.15, 0.2) is 5.17 Å². The highest BCUT2D eigenvalue weighted by Crippen LogP contribution is 2.49. The summed E-state index contributed by atoms with van der Waals surface area (Å²) in [6.45, 7) is 6.07. The first-order valence-corrected chi connectivity index (χ1v) is 13.9. The van der Waals surface area contributed by atoms with Crippen LogP contribution in [0.1, 0.15) is 33.9 Å². The van der Waals surface area contributed by atoms with Gasteiger partial charge in [-0.05, 0) is 66.9 Å². The van der Waals surface area contributed by atoms with E-state index in [9.17, 15) is 0 Å². The molecule has 3 aromatic rings. The SMILES string of the molecule is Cc1ccc(/C=C2\CN(C)CC3=C2N=C2SC=C(c4ccc(Br)cc4)N2[C@H]3c2ccc(C)cc2)cc1. The number of thioether (sulfide) groups is 1. The van der Waals surface area contributed by atoms with Crippen molar-refractivity contribution in [3.8, 4) is 0 Å². The van der Waals surface area contributed by atoms with Gasteiger partial charge in [-0.25, -0.2) is 4.99 Å². The Hall–Kier alpha value is -2.86.